The van der Waals surface area contributed by atoms with Gasteiger partial charge in [-0.15, -0.1) is 5.10 Å². The minimum atomic E-state index is -0.485. The maximum Gasteiger partial charge on any atom is 0.410 e. The Hall–Kier alpha value is -1.79. The average Bonchev–Trinajstić information content (AvgIpc) is 2.53. The lowest BCUT2D eigenvalue weighted by molar-refractivity contribution is 0.0190. The Kier molecular flexibility index (Phi) is 2.68. The van der Waals surface area contributed by atoms with Crippen molar-refractivity contribution in [3.8, 4) is 0 Å². The lowest BCUT2D eigenvalue weighted by atomic mass is 10.2. The van der Waals surface area contributed by atoms with Crippen molar-refractivity contribution in [1.29, 1.82) is 0 Å². The molecular weight excluding hydrogens is 222 g/mol. The van der Waals surface area contributed by atoms with Crippen molar-refractivity contribution in [2.24, 2.45) is 0 Å². The van der Waals surface area contributed by atoms with Crippen LogP contribution in [0.3, 0.4) is 0 Å². The third-order valence-corrected chi connectivity index (χ3v) is 2.33. The van der Waals surface area contributed by atoms with E-state index >= 15 is 0 Å². The molecule has 1 aromatic heterocycles. The second-order valence-corrected chi connectivity index (χ2v) is 5.01. The molecule has 0 unspecified atom stereocenters. The Labute approximate surface area is 99.5 Å². The van der Waals surface area contributed by atoms with E-state index in [4.69, 9.17) is 10.5 Å². The highest BCUT2D eigenvalue weighted by Crippen LogP contribution is 2.15. The van der Waals surface area contributed by atoms with E-state index in [-0.39, 0.29) is 12.0 Å². The topological polar surface area (TPSA) is 86.3 Å². The lowest BCUT2D eigenvalue weighted by Gasteiger charge is -2.29. The van der Waals surface area contributed by atoms with Gasteiger partial charge in [0.2, 0.25) is 5.95 Å². The summed E-state index contributed by atoms with van der Waals surface area (Å²) in [4.78, 5) is 17.5. The highest BCUT2D eigenvalue weighted by molar-refractivity contribution is 5.68. The van der Waals surface area contributed by atoms with E-state index < -0.39 is 5.60 Å². The predicted octanol–water partition coefficient (Wildman–Crippen LogP) is 0.611. The minimum Gasteiger partial charge on any atom is -0.444 e. The number of anilines is 1. The fraction of sp³-hybridized carbons (Fsp3) is 0.700. The molecule has 1 amide bonds. The quantitative estimate of drug-likeness (QED) is 0.716. The smallest absolute Gasteiger partial charge is 0.410 e. The maximum atomic E-state index is 11.8. The zero-order chi connectivity index (χ0) is 12.6. The summed E-state index contributed by atoms with van der Waals surface area (Å²) in [5.74, 6) is 0.936. The first-order chi connectivity index (χ1) is 7.85. The highest BCUT2D eigenvalue weighted by Gasteiger charge is 2.27. The summed E-state index contributed by atoms with van der Waals surface area (Å²) in [5.41, 5.74) is 5.02. The molecule has 0 saturated carbocycles. The van der Waals surface area contributed by atoms with E-state index in [1.54, 1.807) is 9.58 Å². The molecule has 0 saturated heterocycles. The number of nitrogens with two attached hydrogens (primary N) is 1. The van der Waals surface area contributed by atoms with Crippen LogP contribution in [-0.2, 0) is 17.8 Å². The molecule has 0 spiro atoms. The van der Waals surface area contributed by atoms with Crippen molar-refractivity contribution in [1.82, 2.24) is 19.7 Å². The van der Waals surface area contributed by atoms with Crippen LogP contribution in [-0.4, -0.2) is 37.9 Å². The molecule has 0 aromatic carbocycles. The van der Waals surface area contributed by atoms with Crippen LogP contribution in [0.5, 0.6) is 0 Å². The summed E-state index contributed by atoms with van der Waals surface area (Å²) in [7, 11) is 0. The third-order valence-electron chi connectivity index (χ3n) is 2.33. The van der Waals surface area contributed by atoms with E-state index in [9.17, 15) is 4.79 Å². The number of hydrogen-bond donors (Lipinski definition) is 1. The molecule has 7 nitrogen and oxygen atoms in total. The fourth-order valence-corrected chi connectivity index (χ4v) is 1.64. The van der Waals surface area contributed by atoms with Crippen molar-refractivity contribution in [3.63, 3.8) is 0 Å². The Bertz CT molecular complexity index is 434. The van der Waals surface area contributed by atoms with Gasteiger partial charge in [-0.1, -0.05) is 0 Å². The number of aromatic nitrogens is 3. The normalized spacial score (nSPS) is 15.6. The van der Waals surface area contributed by atoms with Gasteiger partial charge in [-0.05, 0) is 20.8 Å². The maximum absolute atomic E-state index is 11.8. The van der Waals surface area contributed by atoms with Gasteiger partial charge in [0.15, 0.2) is 0 Å². The standard InChI is InChI=1S/C10H17N5O2/c1-10(2,3)17-9(16)14-4-5-15-7(6-14)12-8(11)13-15/h4-6H2,1-3H3,(H2,11,13). The Morgan fingerprint density at radius 2 is 2.12 bits per heavy atom. The average molecular weight is 239 g/mol. The van der Waals surface area contributed by atoms with Crippen molar-refractivity contribution in [2.45, 2.75) is 39.5 Å². The summed E-state index contributed by atoms with van der Waals surface area (Å²) in [5, 5.41) is 4.02. The van der Waals surface area contributed by atoms with E-state index in [2.05, 4.69) is 10.1 Å². The molecule has 17 heavy (non-hydrogen) atoms. The second-order valence-electron chi connectivity index (χ2n) is 5.01. The first kappa shape index (κ1) is 11.7. The van der Waals surface area contributed by atoms with E-state index in [1.165, 1.54) is 0 Å². The number of rotatable bonds is 0. The molecule has 2 N–H and O–H groups in total. The molecular formula is C10H17N5O2. The number of carbonyl (C=O) groups is 1. The van der Waals surface area contributed by atoms with Crippen LogP contribution in [0.2, 0.25) is 0 Å². The summed E-state index contributed by atoms with van der Waals surface area (Å²) < 4.78 is 7.02. The Balaban J connectivity index is 2.05. The number of fused-ring (bicyclic) bond motifs is 1. The first-order valence-electron chi connectivity index (χ1n) is 5.52. The minimum absolute atomic E-state index is 0.242. The molecule has 0 fully saturated rings. The molecule has 0 bridgehead atoms. The van der Waals surface area contributed by atoms with Crippen LogP contribution in [0.4, 0.5) is 10.7 Å². The first-order valence-corrected chi connectivity index (χ1v) is 5.52. The van der Waals surface area contributed by atoms with Gasteiger partial charge in [0.05, 0.1) is 13.1 Å². The van der Waals surface area contributed by atoms with Gasteiger partial charge in [0.1, 0.15) is 11.4 Å². The van der Waals surface area contributed by atoms with Crippen LogP contribution < -0.4 is 5.73 Å². The summed E-state index contributed by atoms with van der Waals surface area (Å²) in [6, 6.07) is 0. The number of amides is 1. The molecule has 1 aliphatic rings. The van der Waals surface area contributed by atoms with Gasteiger partial charge < -0.3 is 10.5 Å². The molecule has 1 aliphatic heterocycles. The molecule has 1 aromatic rings. The predicted molar refractivity (Wildman–Crippen MR) is 61.1 cm³/mol. The third kappa shape index (κ3) is 2.66. The second kappa shape index (κ2) is 3.90. The Morgan fingerprint density at radius 3 is 2.76 bits per heavy atom. The van der Waals surface area contributed by atoms with Gasteiger partial charge in [-0.2, -0.15) is 4.98 Å². The van der Waals surface area contributed by atoms with Crippen molar-refractivity contribution >= 4 is 12.0 Å². The van der Waals surface area contributed by atoms with Crippen LogP contribution in [0.15, 0.2) is 0 Å². The zero-order valence-electron chi connectivity index (χ0n) is 10.3. The van der Waals surface area contributed by atoms with Crippen LogP contribution >= 0.6 is 0 Å². The summed E-state index contributed by atoms with van der Waals surface area (Å²) in [6.07, 6.45) is -0.328. The number of nitrogens with zero attached hydrogens (tertiary/aromatic N) is 4. The largest absolute Gasteiger partial charge is 0.444 e. The van der Waals surface area contributed by atoms with E-state index in [0.717, 1.165) is 0 Å². The molecule has 2 heterocycles. The van der Waals surface area contributed by atoms with Crippen molar-refractivity contribution in [3.05, 3.63) is 5.82 Å². The van der Waals surface area contributed by atoms with E-state index in [0.29, 0.717) is 25.5 Å². The number of ether oxygens (including phenoxy) is 1. The van der Waals surface area contributed by atoms with Gasteiger partial charge in [-0.25, -0.2) is 9.48 Å². The van der Waals surface area contributed by atoms with Crippen LogP contribution in [0.25, 0.3) is 0 Å². The van der Waals surface area contributed by atoms with Gasteiger partial charge in [-0.3, -0.25) is 4.90 Å². The molecule has 2 rings (SSSR count). The molecule has 94 valence electrons. The lowest BCUT2D eigenvalue weighted by Crippen LogP contribution is -2.41. The summed E-state index contributed by atoms with van der Waals surface area (Å²) in [6.45, 7) is 7.07. The molecule has 0 aliphatic carbocycles. The van der Waals surface area contributed by atoms with E-state index in [1.807, 2.05) is 20.8 Å². The highest BCUT2D eigenvalue weighted by atomic mass is 16.6. The number of nitrogen functional groups attached to an aromatic ring is 1. The van der Waals surface area contributed by atoms with Crippen molar-refractivity contribution in [2.75, 3.05) is 12.3 Å². The summed E-state index contributed by atoms with van der Waals surface area (Å²) >= 11 is 0. The van der Waals surface area contributed by atoms with Gasteiger partial charge in [0, 0.05) is 6.54 Å². The van der Waals surface area contributed by atoms with Gasteiger partial charge in [0.25, 0.3) is 0 Å². The molecule has 7 heteroatoms. The molecule has 0 atom stereocenters. The zero-order valence-corrected chi connectivity index (χ0v) is 10.3. The Morgan fingerprint density at radius 1 is 1.41 bits per heavy atom. The SMILES string of the molecule is CC(C)(C)OC(=O)N1CCn2nc(N)nc2C1. The van der Waals surface area contributed by atoms with Gasteiger partial charge >= 0.3 is 6.09 Å². The molecule has 0 radical (unpaired) electrons. The number of hydrogen-bond acceptors (Lipinski definition) is 5. The number of carbonyl (C=O) groups excluding carboxylic acids is 1. The van der Waals surface area contributed by atoms with Crippen LogP contribution in [0, 0.1) is 0 Å². The fourth-order valence-electron chi connectivity index (χ4n) is 1.64. The van der Waals surface area contributed by atoms with Crippen molar-refractivity contribution < 1.29 is 9.53 Å². The monoisotopic (exact) mass is 239 g/mol. The van der Waals surface area contributed by atoms with Crippen LogP contribution in [0.1, 0.15) is 26.6 Å².